The van der Waals surface area contributed by atoms with Crippen molar-refractivity contribution < 1.29 is 14.6 Å². The zero-order chi connectivity index (χ0) is 13.8. The number of hydrogen-bond donors (Lipinski definition) is 5. The standard InChI is InChI=1S/C10H23N5O3/c11-8(9(12)17)3-1-4-14-10(13)15-7-18-6-2-5-16/h8,16H,1-7,11H2,(H2,12,17)(H3,13,14,15). The van der Waals surface area contributed by atoms with Gasteiger partial charge in [0.2, 0.25) is 5.91 Å². The molecule has 18 heavy (non-hydrogen) atoms. The smallest absolute Gasteiger partial charge is 0.234 e. The highest BCUT2D eigenvalue weighted by atomic mass is 16.5. The predicted octanol–water partition coefficient (Wildman–Crippen LogP) is -2.16. The minimum Gasteiger partial charge on any atom is -0.396 e. The first-order valence-electron chi connectivity index (χ1n) is 5.85. The zero-order valence-corrected chi connectivity index (χ0v) is 10.5. The van der Waals surface area contributed by atoms with Crippen molar-refractivity contribution in [3.63, 3.8) is 0 Å². The SMILES string of the molecule is NC(=O)C(N)CCCNC(N)=NCOCCCO. The van der Waals surface area contributed by atoms with Crippen LogP contribution in [0.2, 0.25) is 0 Å². The van der Waals surface area contributed by atoms with Crippen molar-refractivity contribution in [2.24, 2.45) is 22.2 Å². The third kappa shape index (κ3) is 9.82. The van der Waals surface area contributed by atoms with E-state index in [1.165, 1.54) is 0 Å². The Labute approximate surface area is 107 Å². The molecule has 0 aromatic carbocycles. The van der Waals surface area contributed by atoms with Gasteiger partial charge in [0.25, 0.3) is 0 Å². The van der Waals surface area contributed by atoms with E-state index < -0.39 is 11.9 Å². The Bertz CT molecular complexity index is 260. The number of aliphatic hydroxyl groups is 1. The predicted molar refractivity (Wildman–Crippen MR) is 68.6 cm³/mol. The van der Waals surface area contributed by atoms with E-state index in [0.717, 1.165) is 0 Å². The maximum atomic E-state index is 10.6. The van der Waals surface area contributed by atoms with Crippen LogP contribution in [0.4, 0.5) is 0 Å². The van der Waals surface area contributed by atoms with Crippen LogP contribution in [0.1, 0.15) is 19.3 Å². The highest BCUT2D eigenvalue weighted by Crippen LogP contribution is 1.91. The average Bonchev–Trinajstić information content (AvgIpc) is 2.34. The molecular formula is C10H23N5O3. The molecular weight excluding hydrogens is 238 g/mol. The number of aliphatic hydroxyl groups excluding tert-OH is 1. The number of amides is 1. The van der Waals surface area contributed by atoms with Crippen molar-refractivity contribution in [3.05, 3.63) is 0 Å². The molecule has 8 nitrogen and oxygen atoms in total. The lowest BCUT2D eigenvalue weighted by Crippen LogP contribution is -2.38. The van der Waals surface area contributed by atoms with Crippen LogP contribution in [0.25, 0.3) is 0 Å². The number of nitrogens with one attached hydrogen (secondary N) is 1. The summed E-state index contributed by atoms with van der Waals surface area (Å²) in [4.78, 5) is 14.6. The lowest BCUT2D eigenvalue weighted by molar-refractivity contribution is -0.119. The van der Waals surface area contributed by atoms with E-state index in [9.17, 15) is 4.79 Å². The fourth-order valence-electron chi connectivity index (χ4n) is 1.08. The van der Waals surface area contributed by atoms with Gasteiger partial charge in [-0.25, -0.2) is 4.99 Å². The van der Waals surface area contributed by atoms with Crippen LogP contribution in [-0.2, 0) is 9.53 Å². The van der Waals surface area contributed by atoms with E-state index in [2.05, 4.69) is 10.3 Å². The van der Waals surface area contributed by atoms with E-state index in [1.807, 2.05) is 0 Å². The van der Waals surface area contributed by atoms with Gasteiger partial charge in [-0.1, -0.05) is 0 Å². The molecule has 0 aliphatic rings. The van der Waals surface area contributed by atoms with Crippen molar-refractivity contribution in [1.29, 1.82) is 0 Å². The van der Waals surface area contributed by atoms with Gasteiger partial charge in [0, 0.05) is 13.2 Å². The number of primary amides is 1. The second kappa shape index (κ2) is 10.8. The zero-order valence-electron chi connectivity index (χ0n) is 10.5. The lowest BCUT2D eigenvalue weighted by Gasteiger charge is -2.08. The Morgan fingerprint density at radius 1 is 1.39 bits per heavy atom. The van der Waals surface area contributed by atoms with Gasteiger partial charge in [0.15, 0.2) is 5.96 Å². The summed E-state index contributed by atoms with van der Waals surface area (Å²) in [7, 11) is 0. The number of carbonyl (C=O) groups is 1. The molecule has 0 aliphatic carbocycles. The molecule has 0 bridgehead atoms. The fraction of sp³-hybridized carbons (Fsp3) is 0.800. The summed E-state index contributed by atoms with van der Waals surface area (Å²) in [5.41, 5.74) is 16.0. The van der Waals surface area contributed by atoms with Crippen LogP contribution in [0.3, 0.4) is 0 Å². The average molecular weight is 261 g/mol. The van der Waals surface area contributed by atoms with Gasteiger partial charge in [-0.05, 0) is 19.3 Å². The Hall–Kier alpha value is -1.38. The number of rotatable bonds is 10. The maximum Gasteiger partial charge on any atom is 0.234 e. The second-order valence-electron chi connectivity index (χ2n) is 3.74. The van der Waals surface area contributed by atoms with Crippen LogP contribution >= 0.6 is 0 Å². The Morgan fingerprint density at radius 2 is 2.11 bits per heavy atom. The first kappa shape index (κ1) is 16.6. The molecule has 1 atom stereocenters. The summed E-state index contributed by atoms with van der Waals surface area (Å²) in [6.07, 6.45) is 1.75. The number of carbonyl (C=O) groups excluding carboxylic acids is 1. The molecule has 8 heteroatoms. The maximum absolute atomic E-state index is 10.6. The third-order valence-corrected chi connectivity index (χ3v) is 2.14. The summed E-state index contributed by atoms with van der Waals surface area (Å²) >= 11 is 0. The molecule has 0 aromatic heterocycles. The number of hydrogen-bond acceptors (Lipinski definition) is 5. The first-order valence-corrected chi connectivity index (χ1v) is 5.85. The summed E-state index contributed by atoms with van der Waals surface area (Å²) in [5.74, 6) is -0.236. The van der Waals surface area contributed by atoms with E-state index in [0.29, 0.717) is 32.4 Å². The molecule has 0 spiro atoms. The number of nitrogens with zero attached hydrogens (tertiary/aromatic N) is 1. The normalized spacial score (nSPS) is 13.3. The first-order chi connectivity index (χ1) is 8.57. The van der Waals surface area contributed by atoms with Gasteiger partial charge in [0.05, 0.1) is 12.6 Å². The molecule has 0 fully saturated rings. The largest absolute Gasteiger partial charge is 0.396 e. The van der Waals surface area contributed by atoms with Crippen LogP contribution in [0.5, 0.6) is 0 Å². The number of guanidine groups is 1. The van der Waals surface area contributed by atoms with Crippen LogP contribution in [0, 0.1) is 0 Å². The Morgan fingerprint density at radius 3 is 2.72 bits per heavy atom. The second-order valence-corrected chi connectivity index (χ2v) is 3.74. The molecule has 0 radical (unpaired) electrons. The molecule has 0 heterocycles. The Balaban J connectivity index is 3.48. The van der Waals surface area contributed by atoms with E-state index in [-0.39, 0.29) is 19.3 Å². The quantitative estimate of drug-likeness (QED) is 0.172. The monoisotopic (exact) mass is 261 g/mol. The summed E-state index contributed by atoms with van der Waals surface area (Å²) in [6.45, 7) is 1.25. The van der Waals surface area contributed by atoms with Crippen molar-refractivity contribution >= 4 is 11.9 Å². The number of ether oxygens (including phenoxy) is 1. The summed E-state index contributed by atoms with van der Waals surface area (Å²) in [6, 6.07) is -0.619. The summed E-state index contributed by atoms with van der Waals surface area (Å²) in [5, 5.41) is 11.4. The summed E-state index contributed by atoms with van der Waals surface area (Å²) < 4.78 is 5.07. The highest BCUT2D eigenvalue weighted by molar-refractivity contribution is 5.79. The fourth-order valence-corrected chi connectivity index (χ4v) is 1.08. The van der Waals surface area contributed by atoms with Gasteiger partial charge in [-0.3, -0.25) is 4.79 Å². The molecule has 106 valence electrons. The number of aliphatic imine (C=N–C) groups is 1. The van der Waals surface area contributed by atoms with Gasteiger partial charge in [0.1, 0.15) is 6.73 Å². The molecule has 1 amide bonds. The van der Waals surface area contributed by atoms with E-state index >= 15 is 0 Å². The molecule has 0 saturated carbocycles. The Kier molecular flexibility index (Phi) is 9.93. The molecule has 0 rings (SSSR count). The van der Waals surface area contributed by atoms with Crippen molar-refractivity contribution in [1.82, 2.24) is 5.32 Å². The van der Waals surface area contributed by atoms with Crippen molar-refractivity contribution in [2.45, 2.75) is 25.3 Å². The van der Waals surface area contributed by atoms with Gasteiger partial charge < -0.3 is 32.4 Å². The molecule has 8 N–H and O–H groups in total. The van der Waals surface area contributed by atoms with Crippen LogP contribution in [-0.4, -0.2) is 49.5 Å². The van der Waals surface area contributed by atoms with Crippen LogP contribution in [0.15, 0.2) is 4.99 Å². The molecule has 0 saturated heterocycles. The van der Waals surface area contributed by atoms with Gasteiger partial charge >= 0.3 is 0 Å². The minimum absolute atomic E-state index is 0.0948. The van der Waals surface area contributed by atoms with Crippen molar-refractivity contribution in [3.8, 4) is 0 Å². The lowest BCUT2D eigenvalue weighted by atomic mass is 10.1. The van der Waals surface area contributed by atoms with E-state index in [1.54, 1.807) is 0 Å². The number of nitrogens with two attached hydrogens (primary N) is 3. The topological polar surface area (TPSA) is 149 Å². The van der Waals surface area contributed by atoms with E-state index in [4.69, 9.17) is 27.0 Å². The van der Waals surface area contributed by atoms with Crippen molar-refractivity contribution in [2.75, 3.05) is 26.5 Å². The molecule has 0 aliphatic heterocycles. The minimum atomic E-state index is -0.619. The van der Waals surface area contributed by atoms with Gasteiger partial charge in [-0.15, -0.1) is 0 Å². The van der Waals surface area contributed by atoms with Gasteiger partial charge in [-0.2, -0.15) is 0 Å². The highest BCUT2D eigenvalue weighted by Gasteiger charge is 2.07. The molecule has 0 aromatic rings. The molecule has 1 unspecified atom stereocenters. The van der Waals surface area contributed by atoms with Crippen LogP contribution < -0.4 is 22.5 Å². The third-order valence-electron chi connectivity index (χ3n) is 2.14.